The predicted molar refractivity (Wildman–Crippen MR) is 98.8 cm³/mol. The van der Waals surface area contributed by atoms with Gasteiger partial charge in [0.15, 0.2) is 0 Å². The maximum atomic E-state index is 12.8. The minimum Gasteiger partial charge on any atom is -0.352 e. The molecule has 5 nitrogen and oxygen atoms in total. The smallest absolute Gasteiger partial charge is 0.251 e. The zero-order valence-electron chi connectivity index (χ0n) is 14.6. The Morgan fingerprint density at radius 1 is 1.08 bits per heavy atom. The average molecular weight is 360 g/mol. The lowest BCUT2D eigenvalue weighted by Gasteiger charge is -2.17. The van der Waals surface area contributed by atoms with Crippen molar-refractivity contribution in [1.82, 2.24) is 9.62 Å². The molecule has 0 saturated heterocycles. The number of sulfonamides is 1. The van der Waals surface area contributed by atoms with Gasteiger partial charge in [-0.05, 0) is 30.2 Å². The van der Waals surface area contributed by atoms with Crippen LogP contribution in [0, 0.1) is 0 Å². The molecular formula is C19H24N2O3S. The van der Waals surface area contributed by atoms with Crippen LogP contribution in [0.2, 0.25) is 0 Å². The van der Waals surface area contributed by atoms with Gasteiger partial charge in [-0.25, -0.2) is 8.42 Å². The number of nitrogens with zero attached hydrogens (tertiary/aromatic N) is 1. The maximum Gasteiger partial charge on any atom is 0.251 e. The van der Waals surface area contributed by atoms with Crippen molar-refractivity contribution < 1.29 is 13.2 Å². The Balaban J connectivity index is 2.16. The Kier molecular flexibility index (Phi) is 6.73. The number of carbonyl (C=O) groups excluding carboxylic acids is 1. The van der Waals surface area contributed by atoms with Gasteiger partial charge in [-0.2, -0.15) is 4.31 Å². The van der Waals surface area contributed by atoms with Crippen LogP contribution < -0.4 is 5.32 Å². The molecule has 0 aliphatic heterocycles. The second-order valence-electron chi connectivity index (χ2n) is 5.88. The zero-order chi connectivity index (χ0) is 18.3. The van der Waals surface area contributed by atoms with Crippen LogP contribution in [0.3, 0.4) is 0 Å². The van der Waals surface area contributed by atoms with E-state index in [0.29, 0.717) is 12.1 Å². The number of nitrogens with one attached hydrogen (secondary N) is 1. The Hall–Kier alpha value is -2.18. The van der Waals surface area contributed by atoms with Gasteiger partial charge in [0.25, 0.3) is 5.91 Å². The molecule has 2 aromatic carbocycles. The van der Waals surface area contributed by atoms with E-state index < -0.39 is 10.0 Å². The Morgan fingerprint density at radius 2 is 1.80 bits per heavy atom. The highest BCUT2D eigenvalue weighted by molar-refractivity contribution is 7.89. The highest BCUT2D eigenvalue weighted by Crippen LogP contribution is 2.18. The van der Waals surface area contributed by atoms with Crippen molar-refractivity contribution in [2.75, 3.05) is 13.6 Å². The summed E-state index contributed by atoms with van der Waals surface area (Å²) in [5, 5.41) is 2.80. The fourth-order valence-corrected chi connectivity index (χ4v) is 3.59. The number of carbonyl (C=O) groups is 1. The van der Waals surface area contributed by atoms with Crippen LogP contribution in [0.4, 0.5) is 0 Å². The topological polar surface area (TPSA) is 66.5 Å². The van der Waals surface area contributed by atoms with Gasteiger partial charge in [-0.15, -0.1) is 0 Å². The van der Waals surface area contributed by atoms with Crippen LogP contribution in [0.25, 0.3) is 0 Å². The molecule has 0 saturated carbocycles. The summed E-state index contributed by atoms with van der Waals surface area (Å²) in [5.41, 5.74) is 1.26. The minimum absolute atomic E-state index is 0.120. The number of hydrogen-bond acceptors (Lipinski definition) is 3. The SMILES string of the molecule is CCCCNC(=O)c1cccc(S(=O)(=O)N(C)Cc2ccccc2)c1. The Bertz CT molecular complexity index is 804. The zero-order valence-corrected chi connectivity index (χ0v) is 15.4. The number of rotatable bonds is 8. The van der Waals surface area contributed by atoms with Crippen LogP contribution in [-0.4, -0.2) is 32.2 Å². The quantitative estimate of drug-likeness (QED) is 0.736. The second kappa shape index (κ2) is 8.78. The van der Waals surface area contributed by atoms with Crippen LogP contribution >= 0.6 is 0 Å². The fourth-order valence-electron chi connectivity index (χ4n) is 2.38. The van der Waals surface area contributed by atoms with Crippen molar-refractivity contribution in [3.63, 3.8) is 0 Å². The highest BCUT2D eigenvalue weighted by Gasteiger charge is 2.22. The highest BCUT2D eigenvalue weighted by atomic mass is 32.2. The van der Waals surface area contributed by atoms with E-state index in [0.717, 1.165) is 18.4 Å². The van der Waals surface area contributed by atoms with E-state index in [9.17, 15) is 13.2 Å². The van der Waals surface area contributed by atoms with Crippen LogP contribution in [0.15, 0.2) is 59.5 Å². The summed E-state index contributed by atoms with van der Waals surface area (Å²) >= 11 is 0. The average Bonchev–Trinajstić information content (AvgIpc) is 2.62. The molecular weight excluding hydrogens is 336 g/mol. The summed E-state index contributed by atoms with van der Waals surface area (Å²) in [6.45, 7) is 2.90. The van der Waals surface area contributed by atoms with Gasteiger partial charge in [0.05, 0.1) is 4.90 Å². The van der Waals surface area contributed by atoms with E-state index >= 15 is 0 Å². The summed E-state index contributed by atoms with van der Waals surface area (Å²) < 4.78 is 26.8. The first kappa shape index (κ1) is 19.1. The third-order valence-electron chi connectivity index (χ3n) is 3.87. The largest absolute Gasteiger partial charge is 0.352 e. The summed E-state index contributed by atoms with van der Waals surface area (Å²) in [6, 6.07) is 15.5. The van der Waals surface area contributed by atoms with Gasteiger partial charge < -0.3 is 5.32 Å². The molecule has 25 heavy (non-hydrogen) atoms. The van der Waals surface area contributed by atoms with Gasteiger partial charge in [0, 0.05) is 25.7 Å². The molecule has 2 rings (SSSR count). The van der Waals surface area contributed by atoms with Gasteiger partial charge in [-0.3, -0.25) is 4.79 Å². The van der Waals surface area contributed by atoms with Crippen molar-refractivity contribution in [2.45, 2.75) is 31.2 Å². The molecule has 6 heteroatoms. The first-order valence-electron chi connectivity index (χ1n) is 8.33. The summed E-state index contributed by atoms with van der Waals surface area (Å²) in [5.74, 6) is -0.254. The molecule has 0 bridgehead atoms. The number of benzene rings is 2. The summed E-state index contributed by atoms with van der Waals surface area (Å²) in [6.07, 6.45) is 1.88. The van der Waals surface area contributed by atoms with Crippen molar-refractivity contribution in [3.05, 3.63) is 65.7 Å². The van der Waals surface area contributed by atoms with Gasteiger partial charge in [0.2, 0.25) is 10.0 Å². The maximum absolute atomic E-state index is 12.8. The first-order chi connectivity index (χ1) is 11.9. The molecule has 1 amide bonds. The molecule has 1 N–H and O–H groups in total. The van der Waals surface area contributed by atoms with E-state index in [-0.39, 0.29) is 17.3 Å². The summed E-state index contributed by atoms with van der Waals surface area (Å²) in [4.78, 5) is 12.3. The molecule has 0 atom stereocenters. The van der Waals surface area contributed by atoms with E-state index in [2.05, 4.69) is 5.32 Å². The Morgan fingerprint density at radius 3 is 2.48 bits per heavy atom. The number of unbranched alkanes of at least 4 members (excludes halogenated alkanes) is 1. The minimum atomic E-state index is -3.67. The molecule has 0 heterocycles. The first-order valence-corrected chi connectivity index (χ1v) is 9.77. The molecule has 0 fully saturated rings. The third kappa shape index (κ3) is 5.14. The molecule has 2 aromatic rings. The van der Waals surface area contributed by atoms with Crippen molar-refractivity contribution >= 4 is 15.9 Å². The number of hydrogen-bond donors (Lipinski definition) is 1. The lowest BCUT2D eigenvalue weighted by Crippen LogP contribution is -2.27. The Labute approximate surface area is 149 Å². The van der Waals surface area contributed by atoms with Gasteiger partial charge >= 0.3 is 0 Å². The predicted octanol–water partition coefficient (Wildman–Crippen LogP) is 3.04. The van der Waals surface area contributed by atoms with E-state index in [1.807, 2.05) is 37.3 Å². The van der Waals surface area contributed by atoms with Crippen LogP contribution in [0.5, 0.6) is 0 Å². The van der Waals surface area contributed by atoms with E-state index in [1.54, 1.807) is 12.1 Å². The molecule has 0 unspecified atom stereocenters. The van der Waals surface area contributed by atoms with Crippen molar-refractivity contribution in [1.29, 1.82) is 0 Å². The molecule has 0 aliphatic rings. The normalized spacial score (nSPS) is 11.5. The van der Waals surface area contributed by atoms with Gasteiger partial charge in [0.1, 0.15) is 0 Å². The standard InChI is InChI=1S/C19H24N2O3S/c1-3-4-13-20-19(22)17-11-8-12-18(14-17)25(23,24)21(2)15-16-9-6-5-7-10-16/h5-12,14H,3-4,13,15H2,1-2H3,(H,20,22). The molecule has 134 valence electrons. The van der Waals surface area contributed by atoms with E-state index in [4.69, 9.17) is 0 Å². The molecule has 0 radical (unpaired) electrons. The van der Waals surface area contributed by atoms with Gasteiger partial charge in [-0.1, -0.05) is 49.7 Å². The lowest BCUT2D eigenvalue weighted by atomic mass is 10.2. The van der Waals surface area contributed by atoms with Crippen LogP contribution in [-0.2, 0) is 16.6 Å². The number of amides is 1. The lowest BCUT2D eigenvalue weighted by molar-refractivity contribution is 0.0953. The monoisotopic (exact) mass is 360 g/mol. The van der Waals surface area contributed by atoms with Crippen LogP contribution in [0.1, 0.15) is 35.7 Å². The van der Waals surface area contributed by atoms with Crippen molar-refractivity contribution in [3.8, 4) is 0 Å². The molecule has 0 aliphatic carbocycles. The third-order valence-corrected chi connectivity index (χ3v) is 5.67. The second-order valence-corrected chi connectivity index (χ2v) is 7.93. The van der Waals surface area contributed by atoms with Crippen molar-refractivity contribution in [2.24, 2.45) is 0 Å². The summed E-state index contributed by atoms with van der Waals surface area (Å²) in [7, 11) is -2.13. The fraction of sp³-hybridized carbons (Fsp3) is 0.316. The van der Waals surface area contributed by atoms with E-state index in [1.165, 1.54) is 23.5 Å². The molecule has 0 aromatic heterocycles. The molecule has 0 spiro atoms.